The summed E-state index contributed by atoms with van der Waals surface area (Å²) in [7, 11) is 3.34. The lowest BCUT2D eigenvalue weighted by molar-refractivity contribution is 0.249. The first-order chi connectivity index (χ1) is 8.99. The molecule has 1 aromatic rings. The third-order valence-corrected chi connectivity index (χ3v) is 4.97. The Hall–Kier alpha value is -0.890. The highest BCUT2D eigenvalue weighted by Gasteiger charge is 2.40. The van der Waals surface area contributed by atoms with Gasteiger partial charge in [0.15, 0.2) is 0 Å². The van der Waals surface area contributed by atoms with E-state index in [1.807, 2.05) is 18.2 Å². The summed E-state index contributed by atoms with van der Waals surface area (Å²) in [6.45, 7) is 4.63. The molecule has 2 unspecified atom stereocenters. The molecule has 0 radical (unpaired) electrons. The SMILES string of the molecule is COc1ccc(C(Cl)C2CCCC2(C)C)c(OC)c1. The van der Waals surface area contributed by atoms with Gasteiger partial charge < -0.3 is 9.47 Å². The van der Waals surface area contributed by atoms with Gasteiger partial charge in [-0.05, 0) is 30.2 Å². The number of rotatable bonds is 4. The van der Waals surface area contributed by atoms with E-state index in [2.05, 4.69) is 13.8 Å². The van der Waals surface area contributed by atoms with E-state index >= 15 is 0 Å². The van der Waals surface area contributed by atoms with Crippen LogP contribution in [0, 0.1) is 11.3 Å². The quantitative estimate of drug-likeness (QED) is 0.738. The van der Waals surface area contributed by atoms with Crippen LogP contribution in [0.4, 0.5) is 0 Å². The van der Waals surface area contributed by atoms with Gasteiger partial charge in [-0.1, -0.05) is 26.3 Å². The second kappa shape index (κ2) is 5.62. The molecular formula is C16H23ClO2. The molecule has 106 valence electrons. The van der Waals surface area contributed by atoms with Crippen LogP contribution in [0.25, 0.3) is 0 Å². The monoisotopic (exact) mass is 282 g/mol. The van der Waals surface area contributed by atoms with E-state index < -0.39 is 0 Å². The van der Waals surface area contributed by atoms with Gasteiger partial charge in [0.05, 0.1) is 19.6 Å². The van der Waals surface area contributed by atoms with Gasteiger partial charge >= 0.3 is 0 Å². The third-order valence-electron chi connectivity index (χ3n) is 4.43. The van der Waals surface area contributed by atoms with Crippen molar-refractivity contribution in [3.05, 3.63) is 23.8 Å². The minimum absolute atomic E-state index is 0.00152. The molecule has 0 heterocycles. The molecule has 2 rings (SSSR count). The molecule has 1 saturated carbocycles. The zero-order valence-electron chi connectivity index (χ0n) is 12.2. The van der Waals surface area contributed by atoms with Gasteiger partial charge in [0.1, 0.15) is 11.5 Å². The fourth-order valence-electron chi connectivity index (χ4n) is 3.16. The molecule has 0 aromatic heterocycles. The van der Waals surface area contributed by atoms with E-state index in [0.29, 0.717) is 11.3 Å². The topological polar surface area (TPSA) is 18.5 Å². The van der Waals surface area contributed by atoms with Crippen LogP contribution in [0.3, 0.4) is 0 Å². The average molecular weight is 283 g/mol. The molecule has 1 fully saturated rings. The first-order valence-electron chi connectivity index (χ1n) is 6.85. The maximum atomic E-state index is 6.76. The summed E-state index contributed by atoms with van der Waals surface area (Å²) in [5.41, 5.74) is 1.38. The highest BCUT2D eigenvalue weighted by atomic mass is 35.5. The first kappa shape index (κ1) is 14.5. The Bertz CT molecular complexity index is 442. The van der Waals surface area contributed by atoms with Crippen LogP contribution in [0.5, 0.6) is 11.5 Å². The van der Waals surface area contributed by atoms with Gasteiger partial charge in [0.2, 0.25) is 0 Å². The van der Waals surface area contributed by atoms with Gasteiger partial charge in [-0.3, -0.25) is 0 Å². The lowest BCUT2D eigenvalue weighted by Gasteiger charge is -2.31. The van der Waals surface area contributed by atoms with E-state index in [1.54, 1.807) is 14.2 Å². The van der Waals surface area contributed by atoms with E-state index in [1.165, 1.54) is 19.3 Å². The van der Waals surface area contributed by atoms with Gasteiger partial charge in [0, 0.05) is 11.6 Å². The summed E-state index contributed by atoms with van der Waals surface area (Å²) in [6, 6.07) is 5.89. The van der Waals surface area contributed by atoms with Crippen LogP contribution in [0.1, 0.15) is 44.1 Å². The number of halogens is 1. The van der Waals surface area contributed by atoms with Crippen molar-refractivity contribution in [2.24, 2.45) is 11.3 Å². The molecular weight excluding hydrogens is 260 g/mol. The standard InChI is InChI=1S/C16H23ClO2/c1-16(2)9-5-6-13(16)15(17)12-8-7-11(18-3)10-14(12)19-4/h7-8,10,13,15H,5-6,9H2,1-4H3. The molecule has 0 bridgehead atoms. The molecule has 1 aliphatic rings. The van der Waals surface area contributed by atoms with E-state index in [4.69, 9.17) is 21.1 Å². The van der Waals surface area contributed by atoms with Crippen LogP contribution in [0.2, 0.25) is 0 Å². The Kier molecular flexibility index (Phi) is 4.29. The Morgan fingerprint density at radius 2 is 2.00 bits per heavy atom. The van der Waals surface area contributed by atoms with Crippen molar-refractivity contribution in [2.75, 3.05) is 14.2 Å². The molecule has 0 saturated heterocycles. The largest absolute Gasteiger partial charge is 0.497 e. The molecule has 2 nitrogen and oxygen atoms in total. The molecule has 1 aliphatic carbocycles. The summed E-state index contributed by atoms with van der Waals surface area (Å²) in [5, 5.41) is -0.00152. The Labute approximate surface area is 121 Å². The fraction of sp³-hybridized carbons (Fsp3) is 0.625. The third kappa shape index (κ3) is 2.84. The zero-order chi connectivity index (χ0) is 14.0. The summed E-state index contributed by atoms with van der Waals surface area (Å²) in [6.07, 6.45) is 3.70. The van der Waals surface area contributed by atoms with Crippen molar-refractivity contribution in [3.8, 4) is 11.5 Å². The summed E-state index contributed by atoms with van der Waals surface area (Å²) < 4.78 is 10.7. The molecule has 0 N–H and O–H groups in total. The summed E-state index contributed by atoms with van der Waals surface area (Å²) in [5.74, 6) is 2.12. The van der Waals surface area contributed by atoms with Gasteiger partial charge in [0.25, 0.3) is 0 Å². The molecule has 0 spiro atoms. The number of hydrogen-bond acceptors (Lipinski definition) is 2. The zero-order valence-corrected chi connectivity index (χ0v) is 13.0. The lowest BCUT2D eigenvalue weighted by Crippen LogP contribution is -2.21. The van der Waals surface area contributed by atoms with Crippen LogP contribution in [-0.2, 0) is 0 Å². The Morgan fingerprint density at radius 3 is 2.53 bits per heavy atom. The van der Waals surface area contributed by atoms with Crippen molar-refractivity contribution in [3.63, 3.8) is 0 Å². The predicted molar refractivity (Wildman–Crippen MR) is 79.3 cm³/mol. The van der Waals surface area contributed by atoms with Gasteiger partial charge in [-0.2, -0.15) is 0 Å². The molecule has 3 heteroatoms. The predicted octanol–water partition coefficient (Wildman–Crippen LogP) is 4.81. The first-order valence-corrected chi connectivity index (χ1v) is 7.29. The number of methoxy groups -OCH3 is 2. The maximum Gasteiger partial charge on any atom is 0.127 e. The summed E-state index contributed by atoms with van der Waals surface area (Å²) in [4.78, 5) is 0. The van der Waals surface area contributed by atoms with Crippen molar-refractivity contribution in [1.82, 2.24) is 0 Å². The van der Waals surface area contributed by atoms with E-state index in [0.717, 1.165) is 17.1 Å². The number of alkyl halides is 1. The summed E-state index contributed by atoms with van der Waals surface area (Å²) >= 11 is 6.76. The minimum Gasteiger partial charge on any atom is -0.497 e. The van der Waals surface area contributed by atoms with Gasteiger partial charge in [-0.25, -0.2) is 0 Å². The van der Waals surface area contributed by atoms with Crippen LogP contribution < -0.4 is 9.47 Å². The van der Waals surface area contributed by atoms with Gasteiger partial charge in [-0.15, -0.1) is 11.6 Å². The van der Waals surface area contributed by atoms with Crippen LogP contribution >= 0.6 is 11.6 Å². The van der Waals surface area contributed by atoms with Crippen LogP contribution in [-0.4, -0.2) is 14.2 Å². The molecule has 0 aliphatic heterocycles. The molecule has 19 heavy (non-hydrogen) atoms. The highest BCUT2D eigenvalue weighted by molar-refractivity contribution is 6.21. The molecule has 1 aromatic carbocycles. The smallest absolute Gasteiger partial charge is 0.127 e. The average Bonchev–Trinajstić information content (AvgIpc) is 2.76. The van der Waals surface area contributed by atoms with Crippen molar-refractivity contribution < 1.29 is 9.47 Å². The normalized spacial score (nSPS) is 23.1. The van der Waals surface area contributed by atoms with Crippen molar-refractivity contribution >= 4 is 11.6 Å². The number of ether oxygens (including phenoxy) is 2. The second-order valence-corrected chi connectivity index (χ2v) is 6.47. The number of hydrogen-bond donors (Lipinski definition) is 0. The minimum atomic E-state index is -0.00152. The van der Waals surface area contributed by atoms with Crippen molar-refractivity contribution in [1.29, 1.82) is 0 Å². The van der Waals surface area contributed by atoms with Crippen molar-refractivity contribution in [2.45, 2.75) is 38.5 Å². The number of benzene rings is 1. The molecule has 0 amide bonds. The second-order valence-electron chi connectivity index (χ2n) is 6.00. The highest BCUT2D eigenvalue weighted by Crippen LogP contribution is 2.52. The van der Waals surface area contributed by atoms with E-state index in [-0.39, 0.29) is 5.38 Å². The lowest BCUT2D eigenvalue weighted by atomic mass is 9.78. The van der Waals surface area contributed by atoms with E-state index in [9.17, 15) is 0 Å². The Balaban J connectivity index is 2.30. The van der Waals surface area contributed by atoms with Crippen LogP contribution in [0.15, 0.2) is 18.2 Å². The Morgan fingerprint density at radius 1 is 1.26 bits per heavy atom. The maximum absolute atomic E-state index is 6.76. The molecule has 2 atom stereocenters. The fourth-order valence-corrected chi connectivity index (χ4v) is 3.81.